The lowest BCUT2D eigenvalue weighted by Gasteiger charge is -2.26. The summed E-state index contributed by atoms with van der Waals surface area (Å²) in [7, 11) is -4.95. The molecule has 0 fully saturated rings. The number of hydrogen-bond donors (Lipinski definition) is 2. The van der Waals surface area contributed by atoms with Crippen molar-refractivity contribution in [3.63, 3.8) is 0 Å². The number of halogens is 4. The van der Waals surface area contributed by atoms with Crippen molar-refractivity contribution in [3.05, 3.63) is 64.7 Å². The first-order valence-corrected chi connectivity index (χ1v) is 9.33. The lowest BCUT2D eigenvalue weighted by Crippen LogP contribution is -2.37. The van der Waals surface area contributed by atoms with Crippen LogP contribution in [-0.4, -0.2) is 29.9 Å². The molecule has 2 aromatic rings. The molecule has 0 spiro atoms. The van der Waals surface area contributed by atoms with Gasteiger partial charge < -0.3 is 0 Å². The van der Waals surface area contributed by atoms with Gasteiger partial charge in [-0.3, -0.25) is 10.0 Å². The number of nitrogens with zero attached hydrogens (tertiary/aromatic N) is 1. The quantitative estimate of drug-likeness (QED) is 0.326. The molecular formula is C17H16F4N2O4S. The van der Waals surface area contributed by atoms with Gasteiger partial charge in [-0.1, -0.05) is 12.1 Å². The molecule has 152 valence electrons. The fourth-order valence-corrected chi connectivity index (χ4v) is 4.20. The minimum Gasteiger partial charge on any atom is -0.288 e. The number of carbonyl (C=O) groups is 1. The van der Waals surface area contributed by atoms with Gasteiger partial charge in [-0.15, -0.1) is 0 Å². The van der Waals surface area contributed by atoms with E-state index in [1.165, 1.54) is 43.6 Å². The Morgan fingerprint density at radius 3 is 2.00 bits per heavy atom. The van der Waals surface area contributed by atoms with E-state index in [2.05, 4.69) is 0 Å². The van der Waals surface area contributed by atoms with Gasteiger partial charge in [0.1, 0.15) is 0 Å². The molecule has 0 atom stereocenters. The third-order valence-electron chi connectivity index (χ3n) is 3.87. The molecule has 2 aromatic carbocycles. The van der Waals surface area contributed by atoms with Crippen molar-refractivity contribution in [3.8, 4) is 0 Å². The lowest BCUT2D eigenvalue weighted by molar-refractivity contribution is 0.0706. The van der Waals surface area contributed by atoms with Crippen molar-refractivity contribution in [1.82, 2.24) is 9.79 Å². The molecule has 2 rings (SSSR count). The van der Waals surface area contributed by atoms with Crippen LogP contribution in [0.1, 0.15) is 29.8 Å². The number of hydroxylamine groups is 1. The highest BCUT2D eigenvalue weighted by Crippen LogP contribution is 2.29. The zero-order chi connectivity index (χ0) is 21.2. The first-order chi connectivity index (χ1) is 13.0. The van der Waals surface area contributed by atoms with Gasteiger partial charge in [0.2, 0.25) is 10.0 Å². The normalized spacial score (nSPS) is 11.9. The Labute approximate surface area is 158 Å². The van der Waals surface area contributed by atoms with E-state index in [0.717, 1.165) is 0 Å². The molecule has 2 N–H and O–H groups in total. The van der Waals surface area contributed by atoms with E-state index in [1.807, 2.05) is 0 Å². The Hall–Kier alpha value is -2.50. The predicted molar refractivity (Wildman–Crippen MR) is 89.8 cm³/mol. The SMILES string of the molecule is CC(C)N(Cc1ccc(C(=O)NO)cc1)S(=O)(=O)c1c(F)c(F)cc(F)c1F. The molecule has 0 saturated carbocycles. The molecule has 6 nitrogen and oxygen atoms in total. The third-order valence-corrected chi connectivity index (χ3v) is 5.91. The molecule has 28 heavy (non-hydrogen) atoms. The van der Waals surface area contributed by atoms with Crippen molar-refractivity contribution in [1.29, 1.82) is 0 Å². The van der Waals surface area contributed by atoms with Crippen molar-refractivity contribution in [2.45, 2.75) is 31.3 Å². The van der Waals surface area contributed by atoms with Crippen LogP contribution in [0.2, 0.25) is 0 Å². The van der Waals surface area contributed by atoms with E-state index >= 15 is 0 Å². The van der Waals surface area contributed by atoms with Gasteiger partial charge in [0.25, 0.3) is 5.91 Å². The number of hydrogen-bond acceptors (Lipinski definition) is 4. The third kappa shape index (κ3) is 4.16. The van der Waals surface area contributed by atoms with Crippen LogP contribution in [0.25, 0.3) is 0 Å². The molecule has 0 radical (unpaired) electrons. The molecule has 11 heteroatoms. The highest BCUT2D eigenvalue weighted by atomic mass is 32.2. The average molecular weight is 420 g/mol. The average Bonchev–Trinajstić information content (AvgIpc) is 2.64. The summed E-state index contributed by atoms with van der Waals surface area (Å²) < 4.78 is 81.2. The van der Waals surface area contributed by atoms with E-state index in [0.29, 0.717) is 9.87 Å². The molecule has 0 heterocycles. The fraction of sp³-hybridized carbons (Fsp3) is 0.235. The number of nitrogens with one attached hydrogen (secondary N) is 1. The Bertz CT molecular complexity index is 969. The maximum atomic E-state index is 14.0. The Morgan fingerprint density at radius 1 is 1.07 bits per heavy atom. The lowest BCUT2D eigenvalue weighted by atomic mass is 10.1. The Balaban J connectivity index is 2.48. The largest absolute Gasteiger partial charge is 0.288 e. The molecule has 0 aliphatic heterocycles. The van der Waals surface area contributed by atoms with Crippen LogP contribution in [0.15, 0.2) is 35.2 Å². The van der Waals surface area contributed by atoms with Crippen LogP contribution < -0.4 is 5.48 Å². The van der Waals surface area contributed by atoms with Gasteiger partial charge in [0.05, 0.1) is 0 Å². The van der Waals surface area contributed by atoms with Gasteiger partial charge >= 0.3 is 0 Å². The highest BCUT2D eigenvalue weighted by Gasteiger charge is 2.36. The van der Waals surface area contributed by atoms with E-state index < -0.39 is 56.7 Å². The molecule has 0 aliphatic carbocycles. The molecule has 0 aliphatic rings. The Morgan fingerprint density at radius 2 is 1.57 bits per heavy atom. The summed E-state index contributed by atoms with van der Waals surface area (Å²) in [5.41, 5.74) is 1.83. The van der Waals surface area contributed by atoms with Crippen LogP contribution in [-0.2, 0) is 16.6 Å². The van der Waals surface area contributed by atoms with Crippen molar-refractivity contribution >= 4 is 15.9 Å². The van der Waals surface area contributed by atoms with Crippen molar-refractivity contribution in [2.75, 3.05) is 0 Å². The summed E-state index contributed by atoms with van der Waals surface area (Å²) in [6.45, 7) is 2.44. The summed E-state index contributed by atoms with van der Waals surface area (Å²) >= 11 is 0. The molecule has 0 saturated heterocycles. The van der Waals surface area contributed by atoms with Gasteiger partial charge in [0, 0.05) is 24.2 Å². The molecule has 0 bridgehead atoms. The Kier molecular flexibility index (Phi) is 6.42. The van der Waals surface area contributed by atoms with E-state index in [1.54, 1.807) is 0 Å². The number of rotatable bonds is 6. The van der Waals surface area contributed by atoms with Gasteiger partial charge in [-0.2, -0.15) is 4.31 Å². The van der Waals surface area contributed by atoms with Crippen LogP contribution in [0.3, 0.4) is 0 Å². The summed E-state index contributed by atoms with van der Waals surface area (Å²) in [6.07, 6.45) is 0. The minimum absolute atomic E-state index is 0.0751. The smallest absolute Gasteiger partial charge is 0.274 e. The van der Waals surface area contributed by atoms with Crippen molar-refractivity contribution in [2.24, 2.45) is 0 Å². The molecule has 0 aromatic heterocycles. The fourth-order valence-electron chi connectivity index (χ4n) is 2.45. The summed E-state index contributed by atoms with van der Waals surface area (Å²) in [6, 6.07) is 4.39. The standard InChI is InChI=1S/C17H16F4N2O4S/c1-9(2)23(8-10-3-5-11(6-4-10)17(24)22-25)28(26,27)16-14(20)12(18)7-13(19)15(16)21/h3-7,9,25H,8H2,1-2H3,(H,22,24). The van der Waals surface area contributed by atoms with Crippen LogP contribution in [0.5, 0.6) is 0 Å². The van der Waals surface area contributed by atoms with E-state index in [4.69, 9.17) is 5.21 Å². The zero-order valence-corrected chi connectivity index (χ0v) is 15.5. The first kappa shape index (κ1) is 21.8. The van der Waals surface area contributed by atoms with Gasteiger partial charge in [-0.05, 0) is 31.5 Å². The second kappa shape index (κ2) is 8.25. The number of carbonyl (C=O) groups excluding carboxylic acids is 1. The zero-order valence-electron chi connectivity index (χ0n) is 14.7. The van der Waals surface area contributed by atoms with Crippen molar-refractivity contribution < 1.29 is 36.0 Å². The number of sulfonamides is 1. The molecule has 1 amide bonds. The van der Waals surface area contributed by atoms with Gasteiger partial charge in [0.15, 0.2) is 28.2 Å². The maximum absolute atomic E-state index is 14.0. The summed E-state index contributed by atoms with van der Waals surface area (Å²) in [4.78, 5) is 9.60. The second-order valence-electron chi connectivity index (χ2n) is 6.08. The molecule has 0 unspecified atom stereocenters. The van der Waals surface area contributed by atoms with Crippen LogP contribution >= 0.6 is 0 Å². The molecular weight excluding hydrogens is 404 g/mol. The van der Waals surface area contributed by atoms with Crippen LogP contribution in [0.4, 0.5) is 17.6 Å². The predicted octanol–water partition coefficient (Wildman–Crippen LogP) is 2.96. The van der Waals surface area contributed by atoms with E-state index in [9.17, 15) is 30.8 Å². The monoisotopic (exact) mass is 420 g/mol. The first-order valence-electron chi connectivity index (χ1n) is 7.89. The number of benzene rings is 2. The summed E-state index contributed by atoms with van der Waals surface area (Å²) in [5, 5.41) is 8.59. The topological polar surface area (TPSA) is 86.7 Å². The number of amides is 1. The second-order valence-corrected chi connectivity index (χ2v) is 7.91. The van der Waals surface area contributed by atoms with E-state index in [-0.39, 0.29) is 11.6 Å². The summed E-state index contributed by atoms with van der Waals surface area (Å²) in [5.74, 6) is -8.49. The van der Waals surface area contributed by atoms with Gasteiger partial charge in [-0.25, -0.2) is 31.5 Å². The highest BCUT2D eigenvalue weighted by molar-refractivity contribution is 7.89. The maximum Gasteiger partial charge on any atom is 0.274 e. The minimum atomic E-state index is -4.95. The van der Waals surface area contributed by atoms with Crippen LogP contribution in [0, 0.1) is 23.3 Å².